The van der Waals surface area contributed by atoms with Gasteiger partial charge in [0, 0.05) is 13.1 Å². The lowest BCUT2D eigenvalue weighted by molar-refractivity contribution is 0.00972. The summed E-state index contributed by atoms with van der Waals surface area (Å²) in [4.78, 5) is 10.6. The number of rotatable bonds is 3. The molecule has 0 aromatic carbocycles. The number of sulfonamides is 1. The molecule has 1 aromatic heterocycles. The van der Waals surface area contributed by atoms with Gasteiger partial charge in [0.15, 0.2) is 0 Å². The van der Waals surface area contributed by atoms with Gasteiger partial charge in [-0.25, -0.2) is 13.2 Å². The SMILES string of the molecule is CC1CN(S(=O)(=O)c2ccc(C(=O)O)o2)CCO1. The minimum absolute atomic E-state index is 0.192. The number of morpholine rings is 1. The molecule has 1 N–H and O–H groups in total. The molecular weight excluding hydrogens is 262 g/mol. The number of nitrogens with zero attached hydrogens (tertiary/aromatic N) is 1. The maximum Gasteiger partial charge on any atom is 0.371 e. The van der Waals surface area contributed by atoms with Crippen molar-refractivity contribution >= 4 is 16.0 Å². The van der Waals surface area contributed by atoms with Crippen LogP contribution in [0.5, 0.6) is 0 Å². The largest absolute Gasteiger partial charge is 0.475 e. The van der Waals surface area contributed by atoms with Gasteiger partial charge in [0.1, 0.15) is 0 Å². The van der Waals surface area contributed by atoms with E-state index < -0.39 is 21.8 Å². The molecule has 7 nitrogen and oxygen atoms in total. The normalized spacial score (nSPS) is 21.9. The Labute approximate surface area is 104 Å². The third-order valence-electron chi connectivity index (χ3n) is 2.59. The Morgan fingerprint density at radius 2 is 2.22 bits per heavy atom. The van der Waals surface area contributed by atoms with Crippen LogP contribution < -0.4 is 0 Å². The first kappa shape index (κ1) is 13.1. The third kappa shape index (κ3) is 2.40. The van der Waals surface area contributed by atoms with Gasteiger partial charge in [-0.1, -0.05) is 0 Å². The summed E-state index contributed by atoms with van der Waals surface area (Å²) >= 11 is 0. The van der Waals surface area contributed by atoms with Crippen molar-refractivity contribution in [3.05, 3.63) is 17.9 Å². The molecule has 1 unspecified atom stereocenters. The minimum atomic E-state index is -3.78. The van der Waals surface area contributed by atoms with Gasteiger partial charge in [0.2, 0.25) is 10.9 Å². The third-order valence-corrected chi connectivity index (χ3v) is 4.33. The van der Waals surface area contributed by atoms with E-state index in [4.69, 9.17) is 14.3 Å². The number of carboxylic acid groups (broad SMARTS) is 1. The Morgan fingerprint density at radius 1 is 1.50 bits per heavy atom. The average Bonchev–Trinajstić information content (AvgIpc) is 2.79. The molecule has 0 aliphatic carbocycles. The maximum atomic E-state index is 12.2. The van der Waals surface area contributed by atoms with Crippen LogP contribution in [-0.4, -0.2) is 49.6 Å². The van der Waals surface area contributed by atoms with E-state index in [0.29, 0.717) is 6.61 Å². The topological polar surface area (TPSA) is 97.1 Å². The highest BCUT2D eigenvalue weighted by Gasteiger charge is 2.32. The minimum Gasteiger partial charge on any atom is -0.475 e. The molecule has 0 radical (unpaired) electrons. The molecular formula is C10H13NO6S. The monoisotopic (exact) mass is 275 g/mol. The molecule has 18 heavy (non-hydrogen) atoms. The predicted molar refractivity (Wildman–Crippen MR) is 59.8 cm³/mol. The molecule has 8 heteroatoms. The molecule has 1 saturated heterocycles. The Morgan fingerprint density at radius 3 is 2.78 bits per heavy atom. The van der Waals surface area contributed by atoms with Crippen LogP contribution >= 0.6 is 0 Å². The van der Waals surface area contributed by atoms with Gasteiger partial charge < -0.3 is 14.3 Å². The quantitative estimate of drug-likeness (QED) is 0.857. The molecule has 0 spiro atoms. The zero-order valence-corrected chi connectivity index (χ0v) is 10.5. The number of aromatic carboxylic acids is 1. The lowest BCUT2D eigenvalue weighted by Crippen LogP contribution is -2.44. The van der Waals surface area contributed by atoms with Crippen molar-refractivity contribution in [1.82, 2.24) is 4.31 Å². The fraction of sp³-hybridized carbons (Fsp3) is 0.500. The van der Waals surface area contributed by atoms with Gasteiger partial charge in [-0.2, -0.15) is 4.31 Å². The van der Waals surface area contributed by atoms with Crippen LogP contribution in [0.2, 0.25) is 0 Å². The van der Waals surface area contributed by atoms with E-state index in [0.717, 1.165) is 12.1 Å². The van der Waals surface area contributed by atoms with Crippen LogP contribution in [0.4, 0.5) is 0 Å². The number of carbonyl (C=O) groups is 1. The van der Waals surface area contributed by atoms with Crippen molar-refractivity contribution in [3.63, 3.8) is 0 Å². The second kappa shape index (κ2) is 4.71. The number of ether oxygens (including phenoxy) is 1. The second-order valence-corrected chi connectivity index (χ2v) is 5.84. The summed E-state index contributed by atoms with van der Waals surface area (Å²) in [6.07, 6.45) is -0.192. The molecule has 2 rings (SSSR count). The van der Waals surface area contributed by atoms with Crippen LogP contribution in [-0.2, 0) is 14.8 Å². The molecule has 1 fully saturated rings. The summed E-state index contributed by atoms with van der Waals surface area (Å²) < 4.78 is 35.6. The van der Waals surface area contributed by atoms with Gasteiger partial charge in [0.05, 0.1) is 12.7 Å². The van der Waals surface area contributed by atoms with E-state index in [1.165, 1.54) is 4.31 Å². The Balaban J connectivity index is 2.26. The van der Waals surface area contributed by atoms with Crippen molar-refractivity contribution in [1.29, 1.82) is 0 Å². The van der Waals surface area contributed by atoms with Gasteiger partial charge in [-0.15, -0.1) is 0 Å². The van der Waals surface area contributed by atoms with Crippen molar-refractivity contribution < 1.29 is 27.5 Å². The summed E-state index contributed by atoms with van der Waals surface area (Å²) in [5.74, 6) is -1.69. The lowest BCUT2D eigenvalue weighted by Gasteiger charge is -2.29. The Hall–Kier alpha value is -1.38. The Kier molecular flexibility index (Phi) is 3.42. The van der Waals surface area contributed by atoms with Crippen molar-refractivity contribution in [3.8, 4) is 0 Å². The molecule has 0 amide bonds. The van der Waals surface area contributed by atoms with E-state index in [1.807, 2.05) is 0 Å². The molecule has 1 atom stereocenters. The van der Waals surface area contributed by atoms with Gasteiger partial charge in [-0.3, -0.25) is 0 Å². The first-order chi connectivity index (χ1) is 8.41. The molecule has 1 aliphatic rings. The van der Waals surface area contributed by atoms with Crippen LogP contribution in [0.25, 0.3) is 0 Å². The van der Waals surface area contributed by atoms with Crippen molar-refractivity contribution in [2.75, 3.05) is 19.7 Å². The highest BCUT2D eigenvalue weighted by molar-refractivity contribution is 7.89. The number of carboxylic acids is 1. The van der Waals surface area contributed by atoms with Crippen molar-refractivity contribution in [2.24, 2.45) is 0 Å². The van der Waals surface area contributed by atoms with Crippen LogP contribution in [0.3, 0.4) is 0 Å². The summed E-state index contributed by atoms with van der Waals surface area (Å²) in [5.41, 5.74) is 0. The van der Waals surface area contributed by atoms with E-state index in [-0.39, 0.29) is 24.3 Å². The van der Waals surface area contributed by atoms with Crippen LogP contribution in [0.1, 0.15) is 17.5 Å². The zero-order chi connectivity index (χ0) is 13.3. The number of furan rings is 1. The smallest absolute Gasteiger partial charge is 0.371 e. The van der Waals surface area contributed by atoms with E-state index in [1.54, 1.807) is 6.92 Å². The second-order valence-electron chi connectivity index (χ2n) is 3.97. The maximum absolute atomic E-state index is 12.2. The van der Waals surface area contributed by atoms with Gasteiger partial charge in [-0.05, 0) is 19.1 Å². The zero-order valence-electron chi connectivity index (χ0n) is 9.70. The fourth-order valence-electron chi connectivity index (χ4n) is 1.71. The standard InChI is InChI=1S/C10H13NO6S/c1-7-6-11(4-5-16-7)18(14,15)9-3-2-8(17-9)10(12)13/h2-3,7H,4-6H2,1H3,(H,12,13). The molecule has 0 bridgehead atoms. The summed E-state index contributed by atoms with van der Waals surface area (Å²) in [7, 11) is -3.78. The fourth-order valence-corrected chi connectivity index (χ4v) is 3.12. The number of hydrogen-bond acceptors (Lipinski definition) is 5. The number of hydrogen-bond donors (Lipinski definition) is 1. The van der Waals surface area contributed by atoms with E-state index >= 15 is 0 Å². The van der Waals surface area contributed by atoms with Crippen molar-refractivity contribution in [2.45, 2.75) is 18.1 Å². The Bertz CT molecular complexity index is 548. The highest BCUT2D eigenvalue weighted by Crippen LogP contribution is 2.21. The van der Waals surface area contributed by atoms with Crippen LogP contribution in [0, 0.1) is 0 Å². The predicted octanol–water partition coefficient (Wildman–Crippen LogP) is 0.387. The molecule has 0 saturated carbocycles. The van der Waals surface area contributed by atoms with Gasteiger partial charge >= 0.3 is 5.97 Å². The first-order valence-corrected chi connectivity index (χ1v) is 6.80. The van der Waals surface area contributed by atoms with Gasteiger partial charge in [0.25, 0.3) is 10.0 Å². The average molecular weight is 275 g/mol. The highest BCUT2D eigenvalue weighted by atomic mass is 32.2. The van der Waals surface area contributed by atoms with E-state index in [2.05, 4.69) is 0 Å². The summed E-state index contributed by atoms with van der Waals surface area (Å²) in [6, 6.07) is 2.28. The molecule has 100 valence electrons. The summed E-state index contributed by atoms with van der Waals surface area (Å²) in [6.45, 7) is 2.54. The molecule has 1 aliphatic heterocycles. The first-order valence-electron chi connectivity index (χ1n) is 5.36. The summed E-state index contributed by atoms with van der Waals surface area (Å²) in [5, 5.41) is 8.34. The molecule has 1 aromatic rings. The molecule has 2 heterocycles. The van der Waals surface area contributed by atoms with Crippen LogP contribution in [0.15, 0.2) is 21.6 Å². The lowest BCUT2D eigenvalue weighted by atomic mass is 10.3. The van der Waals surface area contributed by atoms with E-state index in [9.17, 15) is 13.2 Å².